The smallest absolute Gasteiger partial charge is 0.408 e. The van der Waals surface area contributed by atoms with Crippen LogP contribution in [0.4, 0.5) is 4.79 Å². The van der Waals surface area contributed by atoms with Crippen LogP contribution < -0.4 is 10.1 Å². The van der Waals surface area contributed by atoms with E-state index in [4.69, 9.17) is 14.2 Å². The molecule has 134 valence electrons. The Morgan fingerprint density at radius 1 is 1.29 bits per heavy atom. The van der Waals surface area contributed by atoms with Crippen LogP contribution in [0.1, 0.15) is 33.3 Å². The molecule has 1 amide bonds. The highest BCUT2D eigenvalue weighted by molar-refractivity contribution is 5.81. The fraction of sp³-hybridized carbons (Fsp3) is 0.529. The van der Waals surface area contributed by atoms with Crippen LogP contribution in [0.3, 0.4) is 0 Å². The van der Waals surface area contributed by atoms with Gasteiger partial charge < -0.3 is 24.6 Å². The standard InChI is InChI=1S/C17H25NO6/c1-6-23-14-8-7-11(10-13(14)19)9-12(15(20)22-5)18-16(21)24-17(2,3)4/h7-8,10,12,19H,6,9H2,1-5H3,(H,18,21). The molecular formula is C17H25NO6. The second-order valence-corrected chi connectivity index (χ2v) is 6.16. The molecule has 0 aliphatic carbocycles. The Morgan fingerprint density at radius 2 is 1.96 bits per heavy atom. The summed E-state index contributed by atoms with van der Waals surface area (Å²) >= 11 is 0. The molecule has 0 saturated heterocycles. The third-order valence-electron chi connectivity index (χ3n) is 2.94. The van der Waals surface area contributed by atoms with Gasteiger partial charge in [0.2, 0.25) is 0 Å². The number of aromatic hydroxyl groups is 1. The summed E-state index contributed by atoms with van der Waals surface area (Å²) in [5.41, 5.74) is -0.0373. The van der Waals surface area contributed by atoms with E-state index in [0.29, 0.717) is 17.9 Å². The first kappa shape index (κ1) is 19.6. The maximum atomic E-state index is 11.9. The van der Waals surface area contributed by atoms with Crippen molar-refractivity contribution < 1.29 is 28.9 Å². The molecule has 0 bridgehead atoms. The number of hydrogen-bond donors (Lipinski definition) is 2. The molecule has 1 aromatic rings. The molecule has 0 spiro atoms. The summed E-state index contributed by atoms with van der Waals surface area (Å²) in [5.74, 6) is -0.277. The van der Waals surface area contributed by atoms with E-state index in [2.05, 4.69) is 5.32 Å². The van der Waals surface area contributed by atoms with Gasteiger partial charge >= 0.3 is 12.1 Å². The van der Waals surface area contributed by atoms with E-state index in [1.165, 1.54) is 13.2 Å². The molecule has 0 aliphatic rings. The van der Waals surface area contributed by atoms with Crippen molar-refractivity contribution in [3.8, 4) is 11.5 Å². The molecule has 7 heteroatoms. The van der Waals surface area contributed by atoms with Gasteiger partial charge in [-0.1, -0.05) is 6.07 Å². The van der Waals surface area contributed by atoms with Gasteiger partial charge in [-0.25, -0.2) is 9.59 Å². The first-order valence-corrected chi connectivity index (χ1v) is 7.68. The van der Waals surface area contributed by atoms with E-state index in [1.807, 2.05) is 6.92 Å². The maximum Gasteiger partial charge on any atom is 0.408 e. The average Bonchev–Trinajstić information content (AvgIpc) is 2.46. The summed E-state index contributed by atoms with van der Waals surface area (Å²) in [6, 6.07) is 3.87. The number of phenols is 1. The summed E-state index contributed by atoms with van der Waals surface area (Å²) in [5, 5.41) is 12.4. The number of phenolic OH excluding ortho intramolecular Hbond substituents is 1. The SMILES string of the molecule is CCOc1ccc(CC(NC(=O)OC(C)(C)C)C(=O)OC)cc1O. The second kappa shape index (κ2) is 8.42. The Bertz CT molecular complexity index is 579. The number of rotatable bonds is 6. The van der Waals surface area contributed by atoms with Crippen LogP contribution >= 0.6 is 0 Å². The van der Waals surface area contributed by atoms with Crippen LogP contribution in [-0.2, 0) is 20.7 Å². The molecule has 24 heavy (non-hydrogen) atoms. The van der Waals surface area contributed by atoms with Crippen LogP contribution in [0.5, 0.6) is 11.5 Å². The summed E-state index contributed by atoms with van der Waals surface area (Å²) in [6.07, 6.45) is -0.570. The number of nitrogens with one attached hydrogen (secondary N) is 1. The molecule has 0 aromatic heterocycles. The minimum absolute atomic E-state index is 0.0322. The van der Waals surface area contributed by atoms with E-state index in [-0.39, 0.29) is 12.2 Å². The number of ether oxygens (including phenoxy) is 3. The highest BCUT2D eigenvalue weighted by Crippen LogP contribution is 2.27. The Labute approximate surface area is 141 Å². The van der Waals surface area contributed by atoms with E-state index in [0.717, 1.165) is 0 Å². The van der Waals surface area contributed by atoms with Crippen LogP contribution in [0.25, 0.3) is 0 Å². The van der Waals surface area contributed by atoms with Gasteiger partial charge in [0.15, 0.2) is 11.5 Å². The number of methoxy groups -OCH3 is 1. The lowest BCUT2D eigenvalue weighted by Crippen LogP contribution is -2.45. The van der Waals surface area contributed by atoms with Gasteiger partial charge in [0.1, 0.15) is 11.6 Å². The van der Waals surface area contributed by atoms with E-state index in [1.54, 1.807) is 32.9 Å². The molecular weight excluding hydrogens is 314 g/mol. The fourth-order valence-corrected chi connectivity index (χ4v) is 1.99. The van der Waals surface area contributed by atoms with Crippen molar-refractivity contribution in [3.05, 3.63) is 23.8 Å². The number of carbonyl (C=O) groups excluding carboxylic acids is 2. The summed E-state index contributed by atoms with van der Waals surface area (Å²) < 4.78 is 15.1. The average molecular weight is 339 g/mol. The van der Waals surface area contributed by atoms with Crippen molar-refractivity contribution in [1.29, 1.82) is 0 Å². The Hall–Kier alpha value is -2.44. The van der Waals surface area contributed by atoms with Crippen LogP contribution in [-0.4, -0.2) is 42.5 Å². The third-order valence-corrected chi connectivity index (χ3v) is 2.94. The molecule has 1 atom stereocenters. The molecule has 0 radical (unpaired) electrons. The highest BCUT2D eigenvalue weighted by atomic mass is 16.6. The van der Waals surface area contributed by atoms with Crippen LogP contribution in [0, 0.1) is 0 Å². The monoisotopic (exact) mass is 339 g/mol. The van der Waals surface area contributed by atoms with E-state index >= 15 is 0 Å². The zero-order valence-electron chi connectivity index (χ0n) is 14.7. The van der Waals surface area contributed by atoms with Gasteiger partial charge in [-0.3, -0.25) is 0 Å². The van der Waals surface area contributed by atoms with Crippen molar-refractivity contribution >= 4 is 12.1 Å². The van der Waals surface area contributed by atoms with Crippen LogP contribution in [0.2, 0.25) is 0 Å². The zero-order valence-corrected chi connectivity index (χ0v) is 14.7. The lowest BCUT2D eigenvalue weighted by atomic mass is 10.1. The number of hydrogen-bond acceptors (Lipinski definition) is 6. The predicted molar refractivity (Wildman–Crippen MR) is 88.2 cm³/mol. The molecule has 0 heterocycles. The molecule has 0 fully saturated rings. The zero-order chi connectivity index (χ0) is 18.3. The molecule has 2 N–H and O–H groups in total. The van der Waals surface area contributed by atoms with Crippen molar-refractivity contribution in [2.24, 2.45) is 0 Å². The summed E-state index contributed by atoms with van der Waals surface area (Å²) in [4.78, 5) is 23.8. The van der Waals surface area contributed by atoms with Crippen LogP contribution in [0.15, 0.2) is 18.2 Å². The minimum Gasteiger partial charge on any atom is -0.504 e. The Balaban J connectivity index is 2.85. The quantitative estimate of drug-likeness (QED) is 0.773. The van der Waals surface area contributed by atoms with E-state index < -0.39 is 23.7 Å². The second-order valence-electron chi connectivity index (χ2n) is 6.16. The molecule has 7 nitrogen and oxygen atoms in total. The van der Waals surface area contributed by atoms with Crippen molar-refractivity contribution in [2.45, 2.75) is 45.8 Å². The van der Waals surface area contributed by atoms with Gasteiger partial charge in [0.05, 0.1) is 13.7 Å². The molecule has 1 rings (SSSR count). The molecule has 0 saturated carbocycles. The number of esters is 1. The highest BCUT2D eigenvalue weighted by Gasteiger charge is 2.25. The Kier molecular flexibility index (Phi) is 6.88. The van der Waals surface area contributed by atoms with Gasteiger partial charge in [0.25, 0.3) is 0 Å². The number of alkyl carbamates (subject to hydrolysis) is 1. The first-order chi connectivity index (χ1) is 11.2. The number of carbonyl (C=O) groups is 2. The van der Waals surface area contributed by atoms with Crippen molar-refractivity contribution in [2.75, 3.05) is 13.7 Å². The van der Waals surface area contributed by atoms with Gasteiger partial charge in [-0.15, -0.1) is 0 Å². The van der Waals surface area contributed by atoms with Crippen molar-refractivity contribution in [3.63, 3.8) is 0 Å². The van der Waals surface area contributed by atoms with E-state index in [9.17, 15) is 14.7 Å². The van der Waals surface area contributed by atoms with Gasteiger partial charge in [-0.2, -0.15) is 0 Å². The largest absolute Gasteiger partial charge is 0.504 e. The lowest BCUT2D eigenvalue weighted by molar-refractivity contribution is -0.143. The summed E-state index contributed by atoms with van der Waals surface area (Å²) in [6.45, 7) is 7.42. The molecule has 1 unspecified atom stereocenters. The lowest BCUT2D eigenvalue weighted by Gasteiger charge is -2.22. The normalized spacial score (nSPS) is 12.2. The Morgan fingerprint density at radius 3 is 2.46 bits per heavy atom. The van der Waals surface area contributed by atoms with Gasteiger partial charge in [-0.05, 0) is 45.4 Å². The number of benzene rings is 1. The predicted octanol–water partition coefficient (Wildman–Crippen LogP) is 2.40. The fourth-order valence-electron chi connectivity index (χ4n) is 1.99. The first-order valence-electron chi connectivity index (χ1n) is 7.68. The third kappa shape index (κ3) is 6.36. The topological polar surface area (TPSA) is 94.1 Å². The molecule has 0 aliphatic heterocycles. The maximum absolute atomic E-state index is 11.9. The number of amides is 1. The summed E-state index contributed by atoms with van der Waals surface area (Å²) in [7, 11) is 1.24. The van der Waals surface area contributed by atoms with Crippen molar-refractivity contribution in [1.82, 2.24) is 5.32 Å². The molecule has 1 aromatic carbocycles. The van der Waals surface area contributed by atoms with Gasteiger partial charge in [0, 0.05) is 6.42 Å². The minimum atomic E-state index is -0.929.